The van der Waals surface area contributed by atoms with E-state index in [1.807, 2.05) is 13.8 Å². The van der Waals surface area contributed by atoms with Gasteiger partial charge in [0.05, 0.1) is 160 Å². The number of rotatable bonds is 15. The molecule has 7 rings (SSSR count). The molecule has 0 aromatic heterocycles. The normalized spacial score (nSPS) is 37.3. The second-order valence-electron chi connectivity index (χ2n) is 24.8. The number of hydrogen-bond donors (Lipinski definition) is 22. The van der Waals surface area contributed by atoms with Gasteiger partial charge in [-0.3, -0.25) is 33.6 Å². The first-order chi connectivity index (χ1) is 44.5. The van der Waals surface area contributed by atoms with Crippen molar-refractivity contribution >= 4 is 41.8 Å². The average molecular weight is 1390 g/mol. The van der Waals surface area contributed by atoms with Gasteiger partial charge in [0.1, 0.15) is 37.1 Å². The van der Waals surface area contributed by atoms with E-state index in [4.69, 9.17) is 64.9 Å². The van der Waals surface area contributed by atoms with E-state index < -0.39 is 199 Å². The van der Waals surface area contributed by atoms with Gasteiger partial charge in [-0.1, -0.05) is 20.3 Å². The molecule has 7 fully saturated rings. The van der Waals surface area contributed by atoms with Crippen molar-refractivity contribution in [1.82, 2.24) is 0 Å². The molecule has 0 bridgehead atoms. The second-order valence-corrected chi connectivity index (χ2v) is 24.8. The minimum atomic E-state index is -1.21. The lowest BCUT2D eigenvalue weighted by Crippen LogP contribution is -2.46. The molecule has 0 heterocycles. The van der Waals surface area contributed by atoms with Gasteiger partial charge in [0, 0.05) is 12.8 Å². The monoisotopic (exact) mass is 1380 g/mol. The van der Waals surface area contributed by atoms with E-state index in [9.17, 15) is 99.9 Å². The van der Waals surface area contributed by atoms with Crippen LogP contribution in [0.25, 0.3) is 0 Å². The summed E-state index contributed by atoms with van der Waals surface area (Å²) < 4.78 is 23.9. The van der Waals surface area contributed by atoms with Crippen LogP contribution in [0.4, 0.5) is 0 Å². The molecule has 34 nitrogen and oxygen atoms in total. The zero-order valence-electron chi connectivity index (χ0n) is 54.2. The van der Waals surface area contributed by atoms with E-state index in [0.717, 1.165) is 19.3 Å². The van der Waals surface area contributed by atoms with Crippen molar-refractivity contribution in [3.8, 4) is 0 Å². The van der Waals surface area contributed by atoms with E-state index in [1.54, 1.807) is 6.92 Å². The van der Waals surface area contributed by atoms with E-state index in [2.05, 4.69) is 4.74 Å². The molecule has 16 unspecified atom stereocenters. The first kappa shape index (κ1) is 88.5. The fourth-order valence-corrected chi connectivity index (χ4v) is 11.3. The summed E-state index contributed by atoms with van der Waals surface area (Å²) in [6, 6.07) is 0. The zero-order chi connectivity index (χ0) is 72.6. The number of aliphatic hydroxyl groups excluding tert-OH is 20. The maximum atomic E-state index is 11.5. The highest BCUT2D eigenvalue weighted by molar-refractivity contribution is 5.75. The van der Waals surface area contributed by atoms with E-state index >= 15 is 0 Å². The second kappa shape index (κ2) is 46.0. The molecule has 0 saturated heterocycles. The molecule has 0 aliphatic heterocycles. The van der Waals surface area contributed by atoms with E-state index in [-0.39, 0.29) is 96.9 Å². The third-order valence-corrected chi connectivity index (χ3v) is 17.1. The number of unbranched alkanes of at least 4 members (excludes halogenated alkanes) is 1. The van der Waals surface area contributed by atoms with Crippen LogP contribution in [0.3, 0.4) is 0 Å². The molecule has 16 atom stereocenters. The highest BCUT2D eigenvalue weighted by Crippen LogP contribution is 2.31. The van der Waals surface area contributed by atoms with E-state index in [1.165, 1.54) is 7.11 Å². The Morgan fingerprint density at radius 3 is 0.884 bits per heavy atom. The number of esters is 5. The van der Waals surface area contributed by atoms with Crippen molar-refractivity contribution < 1.29 is 170 Å². The Morgan fingerprint density at radius 2 is 0.611 bits per heavy atom. The van der Waals surface area contributed by atoms with Gasteiger partial charge in [-0.25, -0.2) is 0 Å². The summed E-state index contributed by atoms with van der Waals surface area (Å²) in [5, 5.41) is 201. The summed E-state index contributed by atoms with van der Waals surface area (Å²) >= 11 is 0. The van der Waals surface area contributed by atoms with Crippen LogP contribution in [0.2, 0.25) is 0 Å². The fraction of sp³-hybridized carbons (Fsp3) is 0.885. The Hall–Kier alpha value is -4.51. The van der Waals surface area contributed by atoms with Crippen molar-refractivity contribution in [3.05, 3.63) is 0 Å². The Balaban J connectivity index is 0.000000556. The Morgan fingerprint density at radius 1 is 0.316 bits per heavy atom. The van der Waals surface area contributed by atoms with Gasteiger partial charge in [-0.15, -0.1) is 0 Å². The molecule has 0 aromatic carbocycles. The number of hydrogen-bond acceptors (Lipinski definition) is 32. The molecule has 22 N–H and O–H groups in total. The van der Waals surface area contributed by atoms with Crippen LogP contribution < -0.4 is 0 Å². The van der Waals surface area contributed by atoms with E-state index in [0.29, 0.717) is 38.9 Å². The van der Waals surface area contributed by atoms with Gasteiger partial charge < -0.3 is 136 Å². The summed E-state index contributed by atoms with van der Waals surface area (Å²) in [4.78, 5) is 77.5. The molecular weight excluding hydrogens is 1280 g/mol. The van der Waals surface area contributed by atoms with Crippen LogP contribution in [0.15, 0.2) is 0 Å². The zero-order valence-corrected chi connectivity index (χ0v) is 54.2. The minimum Gasteiger partial charge on any atom is -0.481 e. The molecule has 7 aliphatic carbocycles. The van der Waals surface area contributed by atoms with Gasteiger partial charge in [-0.2, -0.15) is 0 Å². The number of methoxy groups -OCH3 is 1. The summed E-state index contributed by atoms with van der Waals surface area (Å²) in [6.07, 6.45) is -13.3. The highest BCUT2D eigenvalue weighted by Gasteiger charge is 2.43. The molecule has 7 aliphatic rings. The smallest absolute Gasteiger partial charge is 0.311 e. The molecular formula is C61H108O34. The lowest BCUT2D eigenvalue weighted by molar-refractivity contribution is -0.160. The van der Waals surface area contributed by atoms with Crippen molar-refractivity contribution in [1.29, 1.82) is 0 Å². The maximum Gasteiger partial charge on any atom is 0.311 e. The molecule has 7 saturated carbocycles. The summed E-state index contributed by atoms with van der Waals surface area (Å²) in [6.45, 7) is 6.35. The maximum absolute atomic E-state index is 11.5. The van der Waals surface area contributed by atoms with Crippen molar-refractivity contribution in [2.75, 3.05) is 40.1 Å². The topological polar surface area (TPSA) is 611 Å². The average Bonchev–Trinajstić information content (AvgIpc) is 0.941. The molecule has 0 spiro atoms. The van der Waals surface area contributed by atoms with Crippen LogP contribution in [-0.4, -0.2) is 310 Å². The third kappa shape index (κ3) is 31.5. The lowest BCUT2D eigenvalue weighted by Gasteiger charge is -2.32. The number of carboxylic acids is 2. The molecule has 0 amide bonds. The SMILES string of the molecule is CCCCOC(=O)C1CC(O)C(O)C(O)C1.CCCOC(=O)C1CC(O)C(O)C(O)C1.CCOC(=O)C1CC(O)C(O)C(O)C1.COC(=O)C1CC(O)C(O)C(O)C1.O=C(O)C1CC(O)C(O)C(O)C1.O=C(O)C1CCC(O)CC1O.O=C(OCCO)C1CCC(O)CC1O. The van der Waals surface area contributed by atoms with Gasteiger partial charge >= 0.3 is 41.8 Å². The number of carbonyl (C=O) groups excluding carboxylic acids is 5. The van der Waals surface area contributed by atoms with Gasteiger partial charge in [0.15, 0.2) is 0 Å². The highest BCUT2D eigenvalue weighted by atomic mass is 16.6. The first-order valence-electron chi connectivity index (χ1n) is 32.3. The van der Waals surface area contributed by atoms with Crippen LogP contribution >= 0.6 is 0 Å². The van der Waals surface area contributed by atoms with Crippen LogP contribution in [-0.2, 0) is 57.2 Å². The predicted octanol–water partition coefficient (Wildman–Crippen LogP) is -5.85. The Bertz CT molecular complexity index is 2150. The number of carbonyl (C=O) groups is 7. The Kier molecular flexibility index (Phi) is 42.8. The summed E-state index contributed by atoms with van der Waals surface area (Å²) in [5.41, 5.74) is 0. The van der Waals surface area contributed by atoms with Crippen molar-refractivity contribution in [2.45, 2.75) is 259 Å². The quantitative estimate of drug-likeness (QED) is 0.0412. The molecule has 556 valence electrons. The standard InChI is InChI=1S/C11H20O5.C10H18O5.2C9H16O5.C8H14O5.C7H12O5.C7H12O4/c1-2-3-4-16-11(15)7-5-8(12)10(14)9(13)6-7;1-2-3-15-10(14)6-4-7(11)9(13)8(12)5-6;1-2-14-9(13)5-3-6(10)8(12)7(11)4-5;10-3-4-14-9(13)7-2-1-6(11)5-8(7)12;1-13-8(12)4-2-5(9)7(11)6(10)3-4;8-4-1-3(7(11)12)2-5(9)6(4)10;8-4-1-2-5(7(10)11)6(9)3-4/h7-10,12-14H,2-6H2,1H3;6-9,11-13H,2-5H2,1H3;5-8,10-12H,2-4H2,1H3;6-8,10-12H,1-5H2;4-7,9-11H,2-3H2,1H3;3-6,8-10H,1-2H2,(H,11,12);4-6,8-9H,1-3H2,(H,10,11). The largest absolute Gasteiger partial charge is 0.481 e. The van der Waals surface area contributed by atoms with Crippen LogP contribution in [0, 0.1) is 41.4 Å². The molecule has 0 aromatic rings. The lowest BCUT2D eigenvalue weighted by atomic mass is 9.83. The molecule has 0 radical (unpaired) electrons. The molecule has 34 heteroatoms. The number of aliphatic carboxylic acids is 2. The minimum absolute atomic E-state index is 0.00750. The third-order valence-electron chi connectivity index (χ3n) is 17.1. The van der Waals surface area contributed by atoms with Crippen molar-refractivity contribution in [2.24, 2.45) is 41.4 Å². The predicted molar refractivity (Wildman–Crippen MR) is 322 cm³/mol. The van der Waals surface area contributed by atoms with Gasteiger partial charge in [0.2, 0.25) is 0 Å². The number of ether oxygens (including phenoxy) is 5. The van der Waals surface area contributed by atoms with Crippen LogP contribution in [0.5, 0.6) is 0 Å². The summed E-state index contributed by atoms with van der Waals surface area (Å²) in [7, 11) is 1.26. The van der Waals surface area contributed by atoms with Crippen LogP contribution in [0.1, 0.15) is 143 Å². The number of aliphatic hydroxyl groups is 20. The number of carboxylic acid groups (broad SMARTS) is 2. The van der Waals surface area contributed by atoms with Gasteiger partial charge in [-0.05, 0) is 110 Å². The van der Waals surface area contributed by atoms with Gasteiger partial charge in [0.25, 0.3) is 0 Å². The Labute approximate surface area is 550 Å². The fourth-order valence-electron chi connectivity index (χ4n) is 11.3. The van der Waals surface area contributed by atoms with Crippen molar-refractivity contribution in [3.63, 3.8) is 0 Å². The first-order valence-corrected chi connectivity index (χ1v) is 32.3. The summed E-state index contributed by atoms with van der Waals surface area (Å²) in [5.74, 6) is -8.19. The molecule has 95 heavy (non-hydrogen) atoms.